The molecule has 0 saturated carbocycles. The van der Waals surface area contributed by atoms with E-state index in [0.29, 0.717) is 54.0 Å². The van der Waals surface area contributed by atoms with Crippen LogP contribution in [-0.2, 0) is 6.42 Å². The number of unbranched alkanes of at least 4 members (excludes halogenated alkanes) is 1. The third-order valence-corrected chi connectivity index (χ3v) is 5.10. The minimum atomic E-state index is -0.634. The van der Waals surface area contributed by atoms with Gasteiger partial charge < -0.3 is 15.7 Å². The second kappa shape index (κ2) is 11.2. The van der Waals surface area contributed by atoms with E-state index in [-0.39, 0.29) is 12.2 Å². The molecular weight excluding hydrogens is 421 g/mol. The Balaban J connectivity index is 1.94. The van der Waals surface area contributed by atoms with Gasteiger partial charge in [0.15, 0.2) is 0 Å². The highest BCUT2D eigenvalue weighted by Gasteiger charge is 2.18. The lowest BCUT2D eigenvalue weighted by Crippen LogP contribution is -2.28. The second-order valence-electron chi connectivity index (χ2n) is 7.47. The van der Waals surface area contributed by atoms with Crippen molar-refractivity contribution in [3.05, 3.63) is 71.1 Å². The summed E-state index contributed by atoms with van der Waals surface area (Å²) in [7, 11) is 1.62. The van der Waals surface area contributed by atoms with Gasteiger partial charge in [0.2, 0.25) is 0 Å². The van der Waals surface area contributed by atoms with Gasteiger partial charge in [0.1, 0.15) is 18.0 Å². The first-order valence-electron chi connectivity index (χ1n) is 10.7. The Kier molecular flexibility index (Phi) is 8.06. The summed E-state index contributed by atoms with van der Waals surface area (Å²) in [5.74, 6) is 5.49. The number of aliphatic hydroxyl groups excluding tert-OH is 1. The van der Waals surface area contributed by atoms with Gasteiger partial charge in [-0.15, -0.1) is 0 Å². The largest absolute Gasteiger partial charge is 0.396 e. The Morgan fingerprint density at radius 1 is 1.15 bits per heavy atom. The molecule has 3 rings (SSSR count). The minimum Gasteiger partial charge on any atom is -0.396 e. The number of halogens is 1. The van der Waals surface area contributed by atoms with E-state index >= 15 is 0 Å². The molecule has 1 amide bonds. The van der Waals surface area contributed by atoms with Gasteiger partial charge in [0.25, 0.3) is 5.91 Å². The number of aliphatic hydroxyl groups is 1. The van der Waals surface area contributed by atoms with E-state index in [1.54, 1.807) is 31.4 Å². The summed E-state index contributed by atoms with van der Waals surface area (Å²) in [6.45, 7) is 2.45. The predicted molar refractivity (Wildman–Crippen MR) is 125 cm³/mol. The zero-order chi connectivity index (χ0) is 23.8. The molecule has 0 aliphatic carbocycles. The normalized spacial score (nSPS) is 10.4. The molecule has 1 aromatic carbocycles. The van der Waals surface area contributed by atoms with Crippen molar-refractivity contribution in [2.45, 2.75) is 26.2 Å². The van der Waals surface area contributed by atoms with Crippen molar-refractivity contribution < 1.29 is 14.3 Å². The molecule has 170 valence electrons. The molecular formula is C25H26FN5O2. The van der Waals surface area contributed by atoms with Gasteiger partial charge in [-0.3, -0.25) is 4.79 Å². The SMILES string of the molecule is CCc1ncnc(-c2ccc(C(=O)N(C)CCCCO)c(F)c2)c1C#Cc1ccc(N)nc1. The van der Waals surface area contributed by atoms with Crippen LogP contribution in [0.3, 0.4) is 0 Å². The first kappa shape index (κ1) is 23.8. The monoisotopic (exact) mass is 447 g/mol. The number of hydrogen-bond donors (Lipinski definition) is 2. The van der Waals surface area contributed by atoms with E-state index in [4.69, 9.17) is 10.8 Å². The highest BCUT2D eigenvalue weighted by atomic mass is 19.1. The average molecular weight is 448 g/mol. The van der Waals surface area contributed by atoms with Crippen LogP contribution in [0.15, 0.2) is 42.9 Å². The lowest BCUT2D eigenvalue weighted by molar-refractivity contribution is 0.0785. The van der Waals surface area contributed by atoms with E-state index in [0.717, 1.165) is 5.69 Å². The number of nitrogens with zero attached hydrogens (tertiary/aromatic N) is 4. The summed E-state index contributed by atoms with van der Waals surface area (Å²) in [5, 5.41) is 8.90. The predicted octanol–water partition coefficient (Wildman–Crippen LogP) is 3.07. The van der Waals surface area contributed by atoms with Crippen LogP contribution in [0.4, 0.5) is 10.2 Å². The Labute approximate surface area is 192 Å². The Morgan fingerprint density at radius 2 is 1.97 bits per heavy atom. The number of rotatable bonds is 7. The lowest BCUT2D eigenvalue weighted by Gasteiger charge is -2.17. The summed E-state index contributed by atoms with van der Waals surface area (Å²) in [4.78, 5) is 26.8. The Morgan fingerprint density at radius 3 is 2.64 bits per heavy atom. The van der Waals surface area contributed by atoms with Crippen molar-refractivity contribution in [1.29, 1.82) is 0 Å². The number of hydrogen-bond acceptors (Lipinski definition) is 6. The van der Waals surface area contributed by atoms with E-state index in [1.165, 1.54) is 23.4 Å². The molecule has 0 aliphatic heterocycles. The average Bonchev–Trinajstić information content (AvgIpc) is 2.83. The molecule has 0 spiro atoms. The van der Waals surface area contributed by atoms with Crippen LogP contribution >= 0.6 is 0 Å². The van der Waals surface area contributed by atoms with Crippen LogP contribution in [0.1, 0.15) is 46.9 Å². The molecule has 0 saturated heterocycles. The summed E-state index contributed by atoms with van der Waals surface area (Å²) >= 11 is 0. The summed E-state index contributed by atoms with van der Waals surface area (Å²) in [6.07, 6.45) is 4.86. The number of nitrogens with two attached hydrogens (primary N) is 1. The fourth-order valence-electron chi connectivity index (χ4n) is 3.26. The summed E-state index contributed by atoms with van der Waals surface area (Å²) < 4.78 is 15.0. The number of anilines is 1. The molecule has 0 unspecified atom stereocenters. The fourth-order valence-corrected chi connectivity index (χ4v) is 3.26. The van der Waals surface area contributed by atoms with Crippen LogP contribution in [0.2, 0.25) is 0 Å². The lowest BCUT2D eigenvalue weighted by atomic mass is 10.0. The van der Waals surface area contributed by atoms with Crippen molar-refractivity contribution in [3.63, 3.8) is 0 Å². The molecule has 2 aromatic heterocycles. The van der Waals surface area contributed by atoms with Crippen LogP contribution in [-0.4, -0.2) is 51.1 Å². The maximum Gasteiger partial charge on any atom is 0.256 e. The van der Waals surface area contributed by atoms with Crippen LogP contribution in [0.25, 0.3) is 11.3 Å². The van der Waals surface area contributed by atoms with Gasteiger partial charge in [-0.25, -0.2) is 19.3 Å². The van der Waals surface area contributed by atoms with E-state index in [2.05, 4.69) is 26.8 Å². The zero-order valence-electron chi connectivity index (χ0n) is 18.7. The summed E-state index contributed by atoms with van der Waals surface area (Å²) in [5.41, 5.74) is 8.61. The number of amides is 1. The molecule has 0 radical (unpaired) electrons. The van der Waals surface area contributed by atoms with Gasteiger partial charge in [0.05, 0.1) is 22.5 Å². The molecule has 33 heavy (non-hydrogen) atoms. The molecule has 2 heterocycles. The van der Waals surface area contributed by atoms with Crippen molar-refractivity contribution in [3.8, 4) is 23.1 Å². The number of carbonyl (C=O) groups excluding carboxylic acids is 1. The quantitative estimate of drug-likeness (QED) is 0.426. The van der Waals surface area contributed by atoms with Crippen LogP contribution in [0.5, 0.6) is 0 Å². The highest BCUT2D eigenvalue weighted by Crippen LogP contribution is 2.25. The maximum atomic E-state index is 15.0. The second-order valence-corrected chi connectivity index (χ2v) is 7.47. The molecule has 8 heteroatoms. The van der Waals surface area contributed by atoms with Crippen molar-refractivity contribution in [2.24, 2.45) is 0 Å². The number of pyridine rings is 1. The van der Waals surface area contributed by atoms with E-state index < -0.39 is 11.7 Å². The molecule has 0 fully saturated rings. The van der Waals surface area contributed by atoms with Gasteiger partial charge >= 0.3 is 0 Å². The van der Waals surface area contributed by atoms with E-state index in [1.807, 2.05) is 6.92 Å². The van der Waals surface area contributed by atoms with Crippen LogP contribution < -0.4 is 5.73 Å². The summed E-state index contributed by atoms with van der Waals surface area (Å²) in [6, 6.07) is 7.85. The number of nitrogen functional groups attached to an aromatic ring is 1. The topological polar surface area (TPSA) is 105 Å². The fraction of sp³-hybridized carbons (Fsp3) is 0.280. The van der Waals surface area contributed by atoms with Gasteiger partial charge in [-0.05, 0) is 43.5 Å². The standard InChI is InChI=1S/C25H26FN5O2/c1-3-22-20(9-6-17-7-11-23(27)28-15-17)24(30-16-29-22)18-8-10-19(21(26)14-18)25(33)31(2)12-4-5-13-32/h7-8,10-11,14-16,32H,3-5,12-13H2,1-2H3,(H2,27,28). The van der Waals surface area contributed by atoms with Crippen molar-refractivity contribution in [1.82, 2.24) is 19.9 Å². The van der Waals surface area contributed by atoms with E-state index in [9.17, 15) is 9.18 Å². The highest BCUT2D eigenvalue weighted by molar-refractivity contribution is 5.95. The van der Waals surface area contributed by atoms with Gasteiger partial charge in [-0.2, -0.15) is 0 Å². The number of benzene rings is 1. The van der Waals surface area contributed by atoms with Gasteiger partial charge in [-0.1, -0.05) is 24.8 Å². The molecule has 0 bridgehead atoms. The Bertz CT molecular complexity index is 1190. The molecule has 7 nitrogen and oxygen atoms in total. The zero-order valence-corrected chi connectivity index (χ0v) is 18.7. The molecule has 3 N–H and O–H groups in total. The van der Waals surface area contributed by atoms with Gasteiger partial charge in [0, 0.05) is 37.5 Å². The smallest absolute Gasteiger partial charge is 0.256 e. The molecule has 3 aromatic rings. The third-order valence-electron chi connectivity index (χ3n) is 5.10. The number of aromatic nitrogens is 3. The first-order valence-corrected chi connectivity index (χ1v) is 10.7. The molecule has 0 aliphatic rings. The van der Waals surface area contributed by atoms with Crippen LogP contribution in [0, 0.1) is 17.7 Å². The van der Waals surface area contributed by atoms with Crippen molar-refractivity contribution >= 4 is 11.7 Å². The number of carbonyl (C=O) groups is 1. The Hall–Kier alpha value is -3.83. The van der Waals surface area contributed by atoms with Crippen molar-refractivity contribution in [2.75, 3.05) is 25.9 Å². The third kappa shape index (κ3) is 5.90. The minimum absolute atomic E-state index is 0.0180. The number of aryl methyl sites for hydroxylation is 1. The molecule has 0 atom stereocenters. The maximum absolute atomic E-state index is 15.0. The first-order chi connectivity index (χ1) is 15.9.